The van der Waals surface area contributed by atoms with Crippen LogP contribution in [-0.2, 0) is 4.79 Å². The van der Waals surface area contributed by atoms with Crippen molar-refractivity contribution in [3.8, 4) is 0 Å². The van der Waals surface area contributed by atoms with Gasteiger partial charge in [-0.2, -0.15) is 0 Å². The first kappa shape index (κ1) is 25.9. The average molecular weight is 542 g/mol. The minimum atomic E-state index is -0.376. The zero-order valence-corrected chi connectivity index (χ0v) is 22.6. The average Bonchev–Trinajstić information content (AvgIpc) is 2.92. The highest BCUT2D eigenvalue weighted by Crippen LogP contribution is 2.43. The normalized spacial score (nSPS) is 18.2. The highest BCUT2D eigenvalue weighted by atomic mass is 32.2. The van der Waals surface area contributed by atoms with Gasteiger partial charge < -0.3 is 10.6 Å². The van der Waals surface area contributed by atoms with Gasteiger partial charge in [0.2, 0.25) is 5.91 Å². The van der Waals surface area contributed by atoms with Gasteiger partial charge in [-0.15, -0.1) is 23.5 Å². The van der Waals surface area contributed by atoms with Gasteiger partial charge in [0.1, 0.15) is 0 Å². The Bertz CT molecular complexity index is 1430. The molecule has 3 atom stereocenters. The molecule has 0 saturated carbocycles. The molecule has 1 heterocycles. The Morgan fingerprint density at radius 3 is 2.45 bits per heavy atom. The molecular weight excluding hydrogens is 514 g/mol. The zero-order valence-electron chi connectivity index (χ0n) is 21.0. The molecule has 38 heavy (non-hydrogen) atoms. The number of amides is 3. The number of nitrogens with zero attached hydrogens (tertiary/aromatic N) is 1. The summed E-state index contributed by atoms with van der Waals surface area (Å²) < 4.78 is 0. The minimum Gasteiger partial charge on any atom is -0.325 e. The number of allylic oxidation sites excluding steroid dienone is 2. The third kappa shape index (κ3) is 5.71. The molecule has 5 rings (SSSR count). The largest absolute Gasteiger partial charge is 0.326 e. The first-order valence-corrected chi connectivity index (χ1v) is 14.0. The number of benzene rings is 3. The van der Waals surface area contributed by atoms with E-state index in [9.17, 15) is 14.4 Å². The molecule has 3 unspecified atom stereocenters. The standard InChI is InChI=1S/C30H27N3O3S2/c1-19(34)21-14-16-22(17-15-21)31-29(35)20(2)37-24-9-7-8-23(18-24)32-30(36)33-25-10-3-5-12-27(25)38-28-13-6-4-11-26(28)33/h3-18,20,25,27H,1-2H3,(H,31,35)(H,32,36). The first-order chi connectivity index (χ1) is 18.4. The summed E-state index contributed by atoms with van der Waals surface area (Å²) in [6.07, 6.45) is 8.20. The van der Waals surface area contributed by atoms with Crippen LogP contribution < -0.4 is 15.5 Å². The fourth-order valence-corrected chi connectivity index (χ4v) is 6.53. The Labute approximate surface area is 230 Å². The van der Waals surface area contributed by atoms with Crippen molar-refractivity contribution in [2.24, 2.45) is 0 Å². The van der Waals surface area contributed by atoms with Crippen LogP contribution >= 0.6 is 23.5 Å². The van der Waals surface area contributed by atoms with Crippen LogP contribution in [0.1, 0.15) is 24.2 Å². The molecule has 0 aromatic heterocycles. The van der Waals surface area contributed by atoms with Gasteiger partial charge in [-0.1, -0.05) is 42.5 Å². The zero-order chi connectivity index (χ0) is 26.6. The quantitative estimate of drug-likeness (QED) is 0.259. The van der Waals surface area contributed by atoms with Crippen LogP contribution in [0, 0.1) is 0 Å². The van der Waals surface area contributed by atoms with E-state index >= 15 is 0 Å². The van der Waals surface area contributed by atoms with Crippen LogP contribution in [0.5, 0.6) is 0 Å². The number of nitrogens with one attached hydrogen (secondary N) is 2. The lowest BCUT2D eigenvalue weighted by Gasteiger charge is -2.40. The number of rotatable bonds is 6. The van der Waals surface area contributed by atoms with Gasteiger partial charge in [0, 0.05) is 26.7 Å². The number of Topliss-reactive ketones (excluding diaryl/α,β-unsaturated/α-hetero) is 1. The van der Waals surface area contributed by atoms with E-state index in [-0.39, 0.29) is 34.3 Å². The molecule has 1 aliphatic carbocycles. The molecule has 0 spiro atoms. The predicted molar refractivity (Wildman–Crippen MR) is 156 cm³/mol. The molecule has 0 fully saturated rings. The maximum absolute atomic E-state index is 13.6. The van der Waals surface area contributed by atoms with E-state index in [4.69, 9.17) is 0 Å². The Hall–Kier alpha value is -3.75. The SMILES string of the molecule is CC(=O)c1ccc(NC(=O)C(C)Sc2cccc(NC(=O)N3c4ccccc4SC4C=CC=CC43)c2)cc1. The lowest BCUT2D eigenvalue weighted by atomic mass is 10.1. The van der Waals surface area contributed by atoms with Gasteiger partial charge in [0.05, 0.1) is 22.2 Å². The summed E-state index contributed by atoms with van der Waals surface area (Å²) in [7, 11) is 0. The first-order valence-electron chi connectivity index (χ1n) is 12.3. The molecule has 6 nitrogen and oxygen atoms in total. The van der Waals surface area contributed by atoms with E-state index in [0.29, 0.717) is 16.9 Å². The van der Waals surface area contributed by atoms with Crippen LogP contribution in [0.25, 0.3) is 0 Å². The number of anilines is 3. The highest BCUT2D eigenvalue weighted by Gasteiger charge is 2.36. The number of fused-ring (bicyclic) bond motifs is 2. The monoisotopic (exact) mass is 541 g/mol. The fourth-order valence-electron chi connectivity index (χ4n) is 4.35. The predicted octanol–water partition coefficient (Wildman–Crippen LogP) is 7.02. The number of para-hydroxylation sites is 1. The molecule has 0 saturated heterocycles. The number of ketones is 1. The van der Waals surface area contributed by atoms with Crippen LogP contribution in [0.15, 0.2) is 107 Å². The number of urea groups is 1. The number of hydrogen-bond donors (Lipinski definition) is 2. The van der Waals surface area contributed by atoms with Crippen molar-refractivity contribution in [3.63, 3.8) is 0 Å². The molecule has 0 bridgehead atoms. The summed E-state index contributed by atoms with van der Waals surface area (Å²) in [6, 6.07) is 22.0. The molecule has 0 radical (unpaired) electrons. The topological polar surface area (TPSA) is 78.5 Å². The van der Waals surface area contributed by atoms with Crippen molar-refractivity contribution >= 4 is 58.3 Å². The number of carbonyl (C=O) groups is 3. The molecule has 2 aliphatic rings. The lowest BCUT2D eigenvalue weighted by Crippen LogP contribution is -2.49. The number of carbonyl (C=O) groups excluding carboxylic acids is 3. The number of hydrogen-bond acceptors (Lipinski definition) is 5. The van der Waals surface area contributed by atoms with Crippen LogP contribution in [0.4, 0.5) is 21.9 Å². The Morgan fingerprint density at radius 1 is 0.895 bits per heavy atom. The molecule has 3 amide bonds. The van der Waals surface area contributed by atoms with Gasteiger partial charge in [0.15, 0.2) is 5.78 Å². The molecule has 3 aromatic rings. The summed E-state index contributed by atoms with van der Waals surface area (Å²) in [5.74, 6) is -0.167. The minimum absolute atomic E-state index is 0.0194. The summed E-state index contributed by atoms with van der Waals surface area (Å²) in [6.45, 7) is 3.34. The fraction of sp³-hybridized carbons (Fsp3) is 0.167. The van der Waals surface area contributed by atoms with Crippen molar-refractivity contribution in [2.45, 2.75) is 40.2 Å². The lowest BCUT2D eigenvalue weighted by molar-refractivity contribution is -0.115. The van der Waals surface area contributed by atoms with Gasteiger partial charge in [0.25, 0.3) is 0 Å². The van der Waals surface area contributed by atoms with E-state index in [1.807, 2.05) is 72.5 Å². The van der Waals surface area contributed by atoms with Gasteiger partial charge in [-0.3, -0.25) is 14.5 Å². The Morgan fingerprint density at radius 2 is 1.66 bits per heavy atom. The smallest absolute Gasteiger partial charge is 0.325 e. The van der Waals surface area contributed by atoms with Crippen molar-refractivity contribution in [3.05, 3.63) is 103 Å². The van der Waals surface area contributed by atoms with E-state index in [2.05, 4.69) is 22.8 Å². The maximum atomic E-state index is 13.6. The van der Waals surface area contributed by atoms with E-state index in [1.54, 1.807) is 36.0 Å². The van der Waals surface area contributed by atoms with E-state index in [0.717, 1.165) is 15.5 Å². The van der Waals surface area contributed by atoms with Crippen molar-refractivity contribution < 1.29 is 14.4 Å². The Kier molecular flexibility index (Phi) is 7.72. The molecule has 1 aliphatic heterocycles. The second-order valence-corrected chi connectivity index (χ2v) is 11.7. The second kappa shape index (κ2) is 11.3. The van der Waals surface area contributed by atoms with E-state index in [1.165, 1.54) is 18.7 Å². The molecule has 8 heteroatoms. The molecule has 2 N–H and O–H groups in total. The number of thioether (sulfide) groups is 2. The molecule has 3 aromatic carbocycles. The van der Waals surface area contributed by atoms with Crippen LogP contribution in [0.2, 0.25) is 0 Å². The summed E-state index contributed by atoms with van der Waals surface area (Å²) in [5.41, 5.74) is 2.79. The van der Waals surface area contributed by atoms with Gasteiger partial charge in [-0.05, 0) is 68.4 Å². The molecular formula is C30H27N3O3S2. The van der Waals surface area contributed by atoms with Gasteiger partial charge in [-0.25, -0.2) is 4.79 Å². The van der Waals surface area contributed by atoms with Crippen LogP contribution in [0.3, 0.4) is 0 Å². The van der Waals surface area contributed by atoms with Crippen molar-refractivity contribution in [1.82, 2.24) is 0 Å². The highest BCUT2D eigenvalue weighted by molar-refractivity contribution is 8.00. The van der Waals surface area contributed by atoms with Crippen molar-refractivity contribution in [2.75, 3.05) is 15.5 Å². The maximum Gasteiger partial charge on any atom is 0.326 e. The van der Waals surface area contributed by atoms with E-state index < -0.39 is 0 Å². The summed E-state index contributed by atoms with van der Waals surface area (Å²) in [5, 5.41) is 5.73. The second-order valence-electron chi connectivity index (χ2n) is 9.02. The van der Waals surface area contributed by atoms with Gasteiger partial charge >= 0.3 is 6.03 Å². The summed E-state index contributed by atoms with van der Waals surface area (Å²) in [4.78, 5) is 41.5. The Balaban J connectivity index is 1.26. The third-order valence-corrected chi connectivity index (χ3v) is 8.69. The van der Waals surface area contributed by atoms with Crippen molar-refractivity contribution in [1.29, 1.82) is 0 Å². The third-order valence-electron chi connectivity index (χ3n) is 6.29. The van der Waals surface area contributed by atoms with Crippen LogP contribution in [-0.4, -0.2) is 34.3 Å². The summed E-state index contributed by atoms with van der Waals surface area (Å²) >= 11 is 3.17. The molecule has 192 valence electrons.